The summed E-state index contributed by atoms with van der Waals surface area (Å²) in [6.45, 7) is 5.28. The molecule has 0 aliphatic carbocycles. The molecule has 1 amide bonds. The Bertz CT molecular complexity index is 499. The first-order valence-electron chi connectivity index (χ1n) is 7.64. The van der Waals surface area contributed by atoms with Crippen molar-refractivity contribution in [3.63, 3.8) is 0 Å². The molecule has 4 nitrogen and oxygen atoms in total. The van der Waals surface area contributed by atoms with Gasteiger partial charge in [-0.05, 0) is 43.4 Å². The molecule has 2 unspecified atom stereocenters. The first-order valence-corrected chi connectivity index (χ1v) is 7.64. The molecule has 1 saturated heterocycles. The maximum atomic E-state index is 12.2. The van der Waals surface area contributed by atoms with Gasteiger partial charge in [-0.2, -0.15) is 0 Å². The van der Waals surface area contributed by atoms with Crippen molar-refractivity contribution in [1.82, 2.24) is 4.90 Å². The summed E-state index contributed by atoms with van der Waals surface area (Å²) in [7, 11) is 1.63. The normalized spacial score (nSPS) is 21.0. The van der Waals surface area contributed by atoms with Gasteiger partial charge in [0.15, 0.2) is 0 Å². The monoisotopic (exact) mass is 291 g/mol. The van der Waals surface area contributed by atoms with Crippen LogP contribution in [0.25, 0.3) is 0 Å². The Balaban J connectivity index is 2.20. The van der Waals surface area contributed by atoms with Crippen molar-refractivity contribution in [2.45, 2.75) is 45.8 Å². The largest absolute Gasteiger partial charge is 0.496 e. The molecule has 1 aliphatic rings. The summed E-state index contributed by atoms with van der Waals surface area (Å²) < 4.78 is 5.39. The number of carbonyl (C=O) groups is 1. The van der Waals surface area contributed by atoms with Gasteiger partial charge in [-0.3, -0.25) is 4.79 Å². The molecule has 4 heteroatoms. The number of hydrogen-bond donors (Lipinski definition) is 1. The van der Waals surface area contributed by atoms with E-state index in [1.54, 1.807) is 14.0 Å². The molecule has 116 valence electrons. The van der Waals surface area contributed by atoms with Gasteiger partial charge in [-0.25, -0.2) is 0 Å². The Labute approximate surface area is 126 Å². The summed E-state index contributed by atoms with van der Waals surface area (Å²) in [6.07, 6.45) is 2.12. The highest BCUT2D eigenvalue weighted by Crippen LogP contribution is 2.26. The molecule has 1 aromatic rings. The van der Waals surface area contributed by atoms with E-state index in [2.05, 4.69) is 6.92 Å². The SMILES string of the molecule is COc1ccc(C(C)O)cc1CN1CCC(C)CCC1=O. The highest BCUT2D eigenvalue weighted by atomic mass is 16.5. The maximum Gasteiger partial charge on any atom is 0.222 e. The minimum atomic E-state index is -0.519. The van der Waals surface area contributed by atoms with Crippen molar-refractivity contribution in [2.24, 2.45) is 5.92 Å². The van der Waals surface area contributed by atoms with Gasteiger partial charge in [0.1, 0.15) is 5.75 Å². The molecule has 0 spiro atoms. The quantitative estimate of drug-likeness (QED) is 0.928. The van der Waals surface area contributed by atoms with Crippen molar-refractivity contribution in [2.75, 3.05) is 13.7 Å². The number of ether oxygens (including phenoxy) is 1. The smallest absolute Gasteiger partial charge is 0.222 e. The molecule has 0 bridgehead atoms. The van der Waals surface area contributed by atoms with Gasteiger partial charge in [-0.15, -0.1) is 0 Å². The van der Waals surface area contributed by atoms with Crippen LogP contribution < -0.4 is 4.74 Å². The predicted molar refractivity (Wildman–Crippen MR) is 82.1 cm³/mol. The standard InChI is InChI=1S/C17H25NO3/c1-12-4-7-17(20)18(9-8-12)11-15-10-14(13(2)19)5-6-16(15)21-3/h5-6,10,12-13,19H,4,7-9,11H2,1-3H3. The molecule has 2 rings (SSSR count). The fraction of sp³-hybridized carbons (Fsp3) is 0.588. The van der Waals surface area contributed by atoms with Crippen molar-refractivity contribution < 1.29 is 14.6 Å². The Morgan fingerprint density at radius 2 is 2.19 bits per heavy atom. The van der Waals surface area contributed by atoms with Gasteiger partial charge in [0.2, 0.25) is 5.91 Å². The number of rotatable bonds is 4. The molecule has 1 heterocycles. The summed E-state index contributed by atoms with van der Waals surface area (Å²) in [6, 6.07) is 5.66. The lowest BCUT2D eigenvalue weighted by molar-refractivity contribution is -0.131. The van der Waals surface area contributed by atoms with Crippen molar-refractivity contribution in [3.8, 4) is 5.75 Å². The third-order valence-electron chi connectivity index (χ3n) is 4.24. The van der Waals surface area contributed by atoms with Crippen LogP contribution >= 0.6 is 0 Å². The van der Waals surface area contributed by atoms with Crippen LogP contribution in [-0.4, -0.2) is 29.6 Å². The second-order valence-electron chi connectivity index (χ2n) is 6.00. The summed E-state index contributed by atoms with van der Waals surface area (Å²) >= 11 is 0. The minimum Gasteiger partial charge on any atom is -0.496 e. The summed E-state index contributed by atoms with van der Waals surface area (Å²) in [4.78, 5) is 14.1. The van der Waals surface area contributed by atoms with E-state index in [0.717, 1.165) is 36.3 Å². The van der Waals surface area contributed by atoms with Crippen LogP contribution in [0.1, 0.15) is 50.3 Å². The van der Waals surface area contributed by atoms with Gasteiger partial charge in [0.25, 0.3) is 0 Å². The Morgan fingerprint density at radius 1 is 1.43 bits per heavy atom. The van der Waals surface area contributed by atoms with Crippen LogP contribution in [0, 0.1) is 5.92 Å². The first-order chi connectivity index (χ1) is 10.0. The lowest BCUT2D eigenvalue weighted by Crippen LogP contribution is -2.30. The maximum absolute atomic E-state index is 12.2. The minimum absolute atomic E-state index is 0.212. The molecule has 1 N–H and O–H groups in total. The van der Waals surface area contributed by atoms with Crippen molar-refractivity contribution >= 4 is 5.91 Å². The van der Waals surface area contributed by atoms with E-state index in [9.17, 15) is 9.90 Å². The Hall–Kier alpha value is -1.55. The number of methoxy groups -OCH3 is 1. The second kappa shape index (κ2) is 6.94. The number of aliphatic hydroxyl groups is 1. The summed E-state index contributed by atoms with van der Waals surface area (Å²) in [5.41, 5.74) is 1.81. The van der Waals surface area contributed by atoms with Gasteiger partial charge < -0.3 is 14.7 Å². The fourth-order valence-corrected chi connectivity index (χ4v) is 2.73. The molecular formula is C17H25NO3. The number of carbonyl (C=O) groups excluding carboxylic acids is 1. The highest BCUT2D eigenvalue weighted by molar-refractivity contribution is 5.76. The van der Waals surface area contributed by atoms with Crippen molar-refractivity contribution in [3.05, 3.63) is 29.3 Å². The topological polar surface area (TPSA) is 49.8 Å². The van der Waals surface area contributed by atoms with E-state index in [1.807, 2.05) is 23.1 Å². The predicted octanol–water partition coefficient (Wildman–Crippen LogP) is 2.90. The van der Waals surface area contributed by atoms with E-state index in [4.69, 9.17) is 4.74 Å². The lowest BCUT2D eigenvalue weighted by Gasteiger charge is -2.22. The Kier molecular flexibility index (Phi) is 5.23. The van der Waals surface area contributed by atoms with E-state index in [-0.39, 0.29) is 5.91 Å². The van der Waals surface area contributed by atoms with Gasteiger partial charge in [-0.1, -0.05) is 13.0 Å². The molecule has 1 aromatic carbocycles. The van der Waals surface area contributed by atoms with Crippen LogP contribution in [0.4, 0.5) is 0 Å². The first kappa shape index (κ1) is 15.8. The molecule has 0 saturated carbocycles. The van der Waals surface area contributed by atoms with Gasteiger partial charge in [0.05, 0.1) is 13.2 Å². The van der Waals surface area contributed by atoms with Crippen LogP contribution in [0.2, 0.25) is 0 Å². The van der Waals surface area contributed by atoms with E-state index < -0.39 is 6.10 Å². The average molecular weight is 291 g/mol. The zero-order valence-electron chi connectivity index (χ0n) is 13.1. The number of nitrogens with zero attached hydrogens (tertiary/aromatic N) is 1. The molecular weight excluding hydrogens is 266 g/mol. The fourth-order valence-electron chi connectivity index (χ4n) is 2.73. The molecule has 0 aromatic heterocycles. The number of hydrogen-bond acceptors (Lipinski definition) is 3. The van der Waals surface area contributed by atoms with Gasteiger partial charge >= 0.3 is 0 Å². The average Bonchev–Trinajstić information content (AvgIpc) is 2.62. The van der Waals surface area contributed by atoms with Crippen LogP contribution in [-0.2, 0) is 11.3 Å². The van der Waals surface area contributed by atoms with Crippen molar-refractivity contribution in [1.29, 1.82) is 0 Å². The summed E-state index contributed by atoms with van der Waals surface area (Å²) in [5, 5.41) is 9.73. The Morgan fingerprint density at radius 3 is 2.86 bits per heavy atom. The molecule has 1 aliphatic heterocycles. The second-order valence-corrected chi connectivity index (χ2v) is 6.00. The number of benzene rings is 1. The van der Waals surface area contributed by atoms with Crippen LogP contribution in [0.15, 0.2) is 18.2 Å². The van der Waals surface area contributed by atoms with E-state index in [0.29, 0.717) is 18.9 Å². The number of aliphatic hydroxyl groups excluding tert-OH is 1. The van der Waals surface area contributed by atoms with E-state index >= 15 is 0 Å². The molecule has 2 atom stereocenters. The third kappa shape index (κ3) is 3.97. The number of amides is 1. The zero-order chi connectivity index (χ0) is 15.4. The van der Waals surface area contributed by atoms with Crippen LogP contribution in [0.5, 0.6) is 5.75 Å². The molecule has 21 heavy (non-hydrogen) atoms. The molecule has 0 radical (unpaired) electrons. The van der Waals surface area contributed by atoms with E-state index in [1.165, 1.54) is 0 Å². The zero-order valence-corrected chi connectivity index (χ0v) is 13.1. The number of likely N-dealkylation sites (tertiary alicyclic amines) is 1. The summed E-state index contributed by atoms with van der Waals surface area (Å²) in [5.74, 6) is 1.58. The highest BCUT2D eigenvalue weighted by Gasteiger charge is 2.21. The van der Waals surface area contributed by atoms with Crippen LogP contribution in [0.3, 0.4) is 0 Å². The third-order valence-corrected chi connectivity index (χ3v) is 4.24. The molecule has 1 fully saturated rings. The lowest BCUT2D eigenvalue weighted by atomic mass is 10.0. The van der Waals surface area contributed by atoms with Gasteiger partial charge in [0, 0.05) is 25.1 Å².